The summed E-state index contributed by atoms with van der Waals surface area (Å²) in [4.78, 5) is 21.9. The lowest BCUT2D eigenvalue weighted by atomic mass is 9.63. The van der Waals surface area contributed by atoms with E-state index >= 15 is 0 Å². The molecule has 1 aliphatic carbocycles. The van der Waals surface area contributed by atoms with Gasteiger partial charge in [-0.25, -0.2) is 0 Å². The first-order valence-corrected chi connectivity index (χ1v) is 6.12. The fourth-order valence-corrected chi connectivity index (χ4v) is 3.14. The number of aliphatic carboxylic acids is 1. The number of hydrogen-bond acceptors (Lipinski definition) is 5. The van der Waals surface area contributed by atoms with E-state index < -0.39 is 23.1 Å². The van der Waals surface area contributed by atoms with Crippen LogP contribution in [0, 0.1) is 5.41 Å². The highest BCUT2D eigenvalue weighted by atomic mass is 16.7. The van der Waals surface area contributed by atoms with Crippen molar-refractivity contribution in [1.29, 1.82) is 0 Å². The number of hydrogen-bond donors (Lipinski definition) is 1. The normalized spacial score (nSPS) is 37.1. The number of carbonyl (C=O) groups excluding carboxylic acids is 2. The van der Waals surface area contributed by atoms with Crippen LogP contribution in [0.2, 0.25) is 0 Å². The highest BCUT2D eigenvalue weighted by molar-refractivity contribution is 5.71. The zero-order chi connectivity index (χ0) is 12.5. The number of carboxylic acids is 1. The Morgan fingerprint density at radius 3 is 2.76 bits per heavy atom. The third-order valence-corrected chi connectivity index (χ3v) is 4.15. The SMILES string of the molecule is O=C([O-])CC[C@@]12CCCC[C@@]1(O)OC(=O)CC2. The third kappa shape index (κ3) is 2.16. The second-order valence-corrected chi connectivity index (χ2v) is 5.12. The second kappa shape index (κ2) is 4.29. The van der Waals surface area contributed by atoms with E-state index in [9.17, 15) is 19.8 Å². The van der Waals surface area contributed by atoms with Crippen LogP contribution in [0.4, 0.5) is 0 Å². The molecular weight excluding hydrogens is 224 g/mol. The molecule has 5 nitrogen and oxygen atoms in total. The van der Waals surface area contributed by atoms with Gasteiger partial charge < -0.3 is 19.7 Å². The van der Waals surface area contributed by atoms with Crippen molar-refractivity contribution >= 4 is 11.9 Å². The summed E-state index contributed by atoms with van der Waals surface area (Å²) in [5.41, 5.74) is -0.584. The molecule has 0 aromatic heterocycles. The molecule has 0 unspecified atom stereocenters. The van der Waals surface area contributed by atoms with E-state index in [1.807, 2.05) is 0 Å². The summed E-state index contributed by atoms with van der Waals surface area (Å²) in [6, 6.07) is 0. The summed E-state index contributed by atoms with van der Waals surface area (Å²) >= 11 is 0. The summed E-state index contributed by atoms with van der Waals surface area (Å²) < 4.78 is 5.12. The molecule has 17 heavy (non-hydrogen) atoms. The first-order valence-electron chi connectivity index (χ1n) is 6.12. The number of esters is 1. The summed E-state index contributed by atoms with van der Waals surface area (Å²) in [6.45, 7) is 0. The van der Waals surface area contributed by atoms with Crippen LogP contribution in [0.1, 0.15) is 51.4 Å². The number of aliphatic hydroxyl groups is 1. The summed E-state index contributed by atoms with van der Waals surface area (Å²) in [5, 5.41) is 21.0. The maximum Gasteiger partial charge on any atom is 0.308 e. The van der Waals surface area contributed by atoms with Crippen molar-refractivity contribution in [3.63, 3.8) is 0 Å². The van der Waals surface area contributed by atoms with Gasteiger partial charge in [-0.2, -0.15) is 0 Å². The highest BCUT2D eigenvalue weighted by Crippen LogP contribution is 2.53. The quantitative estimate of drug-likeness (QED) is 0.708. The van der Waals surface area contributed by atoms with Crippen LogP contribution in [0.3, 0.4) is 0 Å². The Morgan fingerprint density at radius 1 is 1.35 bits per heavy atom. The number of rotatable bonds is 3. The highest BCUT2D eigenvalue weighted by Gasteiger charge is 2.56. The Labute approximate surface area is 99.8 Å². The lowest BCUT2D eigenvalue weighted by Crippen LogP contribution is -2.57. The van der Waals surface area contributed by atoms with Crippen LogP contribution in [0.5, 0.6) is 0 Å². The first kappa shape index (κ1) is 12.4. The smallest absolute Gasteiger partial charge is 0.308 e. The average Bonchev–Trinajstić information content (AvgIpc) is 2.26. The molecule has 0 radical (unpaired) electrons. The van der Waals surface area contributed by atoms with Crippen molar-refractivity contribution in [2.75, 3.05) is 0 Å². The maximum atomic E-state index is 11.3. The van der Waals surface area contributed by atoms with E-state index in [4.69, 9.17) is 4.74 Å². The maximum absolute atomic E-state index is 11.3. The second-order valence-electron chi connectivity index (χ2n) is 5.12. The van der Waals surface area contributed by atoms with E-state index in [-0.39, 0.29) is 12.8 Å². The molecule has 1 saturated heterocycles. The lowest BCUT2D eigenvalue weighted by Gasteiger charge is -2.52. The van der Waals surface area contributed by atoms with Gasteiger partial charge in [-0.1, -0.05) is 6.42 Å². The van der Waals surface area contributed by atoms with Crippen molar-refractivity contribution in [2.45, 2.75) is 57.2 Å². The van der Waals surface area contributed by atoms with Crippen LogP contribution in [0.15, 0.2) is 0 Å². The van der Waals surface area contributed by atoms with Crippen molar-refractivity contribution in [3.05, 3.63) is 0 Å². The third-order valence-electron chi connectivity index (χ3n) is 4.15. The van der Waals surface area contributed by atoms with Crippen LogP contribution in [0.25, 0.3) is 0 Å². The molecule has 2 atom stereocenters. The van der Waals surface area contributed by atoms with Gasteiger partial charge in [0.1, 0.15) is 0 Å². The molecule has 0 aromatic rings. The fraction of sp³-hybridized carbons (Fsp3) is 0.833. The number of ether oxygens (including phenoxy) is 1. The fourth-order valence-electron chi connectivity index (χ4n) is 3.14. The molecule has 1 N–H and O–H groups in total. The topological polar surface area (TPSA) is 86.7 Å². The minimum absolute atomic E-state index is 0.0974. The first-order chi connectivity index (χ1) is 7.97. The number of fused-ring (bicyclic) bond motifs is 1. The molecule has 0 aromatic carbocycles. The molecule has 5 heteroatoms. The van der Waals surface area contributed by atoms with Gasteiger partial charge in [0, 0.05) is 24.2 Å². The molecule has 96 valence electrons. The van der Waals surface area contributed by atoms with Gasteiger partial charge in [0.25, 0.3) is 0 Å². The summed E-state index contributed by atoms with van der Waals surface area (Å²) in [7, 11) is 0. The van der Waals surface area contributed by atoms with Crippen molar-refractivity contribution in [1.82, 2.24) is 0 Å². The molecule has 1 saturated carbocycles. The van der Waals surface area contributed by atoms with Gasteiger partial charge in [-0.15, -0.1) is 0 Å². The Balaban J connectivity index is 2.19. The van der Waals surface area contributed by atoms with Gasteiger partial charge in [-0.3, -0.25) is 4.79 Å². The van der Waals surface area contributed by atoms with Gasteiger partial charge >= 0.3 is 5.97 Å². The molecule has 0 amide bonds. The number of carbonyl (C=O) groups is 2. The monoisotopic (exact) mass is 241 g/mol. The Hall–Kier alpha value is -1.10. The zero-order valence-electron chi connectivity index (χ0n) is 9.74. The molecule has 2 aliphatic rings. The molecule has 2 rings (SSSR count). The van der Waals surface area contributed by atoms with E-state index in [0.29, 0.717) is 25.7 Å². The van der Waals surface area contributed by atoms with Crippen molar-refractivity contribution in [2.24, 2.45) is 5.41 Å². The predicted octanol–water partition coefficient (Wildman–Crippen LogP) is 0.102. The summed E-state index contributed by atoms with van der Waals surface area (Å²) in [6.07, 6.45) is 3.85. The van der Waals surface area contributed by atoms with Gasteiger partial charge in [0.2, 0.25) is 5.79 Å². The van der Waals surface area contributed by atoms with E-state index in [1.165, 1.54) is 0 Å². The van der Waals surface area contributed by atoms with Crippen LogP contribution >= 0.6 is 0 Å². The molecule has 0 spiro atoms. The largest absolute Gasteiger partial charge is 0.550 e. The molecule has 1 heterocycles. The van der Waals surface area contributed by atoms with Crippen LogP contribution < -0.4 is 5.11 Å². The van der Waals surface area contributed by atoms with Gasteiger partial charge in [-0.05, 0) is 32.1 Å². The molecule has 2 fully saturated rings. The minimum atomic E-state index is -1.46. The van der Waals surface area contributed by atoms with E-state index in [2.05, 4.69) is 0 Å². The van der Waals surface area contributed by atoms with E-state index in [0.717, 1.165) is 12.8 Å². The molecule has 1 aliphatic heterocycles. The average molecular weight is 241 g/mol. The van der Waals surface area contributed by atoms with E-state index in [1.54, 1.807) is 0 Å². The minimum Gasteiger partial charge on any atom is -0.550 e. The summed E-state index contributed by atoms with van der Waals surface area (Å²) in [5.74, 6) is -2.97. The Bertz CT molecular complexity index is 340. The van der Waals surface area contributed by atoms with Crippen LogP contribution in [-0.2, 0) is 14.3 Å². The Morgan fingerprint density at radius 2 is 2.06 bits per heavy atom. The van der Waals surface area contributed by atoms with Gasteiger partial charge in [0.05, 0.1) is 0 Å². The van der Waals surface area contributed by atoms with Crippen LogP contribution in [-0.4, -0.2) is 22.8 Å². The predicted molar refractivity (Wildman–Crippen MR) is 55.4 cm³/mol. The molecular formula is C12H17O5-. The number of carboxylic acid groups (broad SMARTS) is 1. The van der Waals surface area contributed by atoms with Crippen molar-refractivity contribution < 1.29 is 24.5 Å². The molecule has 0 bridgehead atoms. The van der Waals surface area contributed by atoms with Crippen molar-refractivity contribution in [3.8, 4) is 0 Å². The van der Waals surface area contributed by atoms with Gasteiger partial charge in [0.15, 0.2) is 0 Å². The Kier molecular flexibility index (Phi) is 3.12. The standard InChI is InChI=1S/C12H18O5/c13-9(14)3-7-11-5-1-2-6-12(11,16)17-10(15)4-8-11/h16H,1-8H2,(H,13,14)/p-1/t11-,12-/m1/s1. The lowest BCUT2D eigenvalue weighted by molar-refractivity contribution is -0.312. The zero-order valence-corrected chi connectivity index (χ0v) is 9.74.